The molecule has 5 aromatic carbocycles. The Kier molecular flexibility index (Phi) is 9.03. The summed E-state index contributed by atoms with van der Waals surface area (Å²) in [5, 5.41) is 6.51. The molecule has 8 nitrogen and oxygen atoms in total. The zero-order valence-corrected chi connectivity index (χ0v) is 26.0. The van der Waals surface area contributed by atoms with Gasteiger partial charge in [-0.05, 0) is 69.9 Å². The lowest BCUT2D eigenvalue weighted by molar-refractivity contribution is -0.145. The molecule has 0 bridgehead atoms. The topological polar surface area (TPSA) is 102 Å². The van der Waals surface area contributed by atoms with Crippen molar-refractivity contribution in [1.29, 1.82) is 0 Å². The van der Waals surface area contributed by atoms with Gasteiger partial charge in [-0.25, -0.2) is 9.59 Å². The van der Waals surface area contributed by atoms with Crippen molar-refractivity contribution in [1.82, 2.24) is 10.2 Å². The zero-order chi connectivity index (χ0) is 32.2. The molecule has 9 heteroatoms. The molecule has 3 atom stereocenters. The van der Waals surface area contributed by atoms with Crippen LogP contribution in [0.5, 0.6) is 5.75 Å². The average Bonchev–Trinajstić information content (AvgIpc) is 3.49. The lowest BCUT2D eigenvalue weighted by Crippen LogP contribution is -2.51. The second-order valence-corrected chi connectivity index (χ2v) is 12.0. The van der Waals surface area contributed by atoms with Gasteiger partial charge < -0.3 is 19.7 Å². The number of carbonyl (C=O) groups is 4. The summed E-state index contributed by atoms with van der Waals surface area (Å²) in [6.45, 7) is 0.301. The van der Waals surface area contributed by atoms with Crippen molar-refractivity contribution in [2.45, 2.75) is 30.2 Å². The fourth-order valence-electron chi connectivity index (χ4n) is 5.79. The first-order valence-corrected chi connectivity index (χ1v) is 15.5. The van der Waals surface area contributed by atoms with E-state index in [9.17, 15) is 19.2 Å². The molecule has 1 fully saturated rings. The van der Waals surface area contributed by atoms with E-state index in [4.69, 9.17) is 9.47 Å². The van der Waals surface area contributed by atoms with E-state index in [0.29, 0.717) is 35.4 Å². The Labute approximate surface area is 271 Å². The highest BCUT2D eigenvalue weighted by molar-refractivity contribution is 7.81. The van der Waals surface area contributed by atoms with Gasteiger partial charge in [-0.15, -0.1) is 0 Å². The minimum absolute atomic E-state index is 0.132. The molecule has 1 heterocycles. The Bertz CT molecular complexity index is 1940. The molecular formula is C37H32N2O6S. The number of nitrogens with one attached hydrogen (secondary N) is 1. The zero-order valence-electron chi connectivity index (χ0n) is 25.1. The number of likely N-dealkylation sites (tertiary alicyclic amines) is 1. The Balaban J connectivity index is 1.12. The molecule has 2 amide bonds. The number of hydrogen-bond donors (Lipinski definition) is 2. The first kappa shape index (κ1) is 30.9. The van der Waals surface area contributed by atoms with E-state index in [2.05, 4.69) is 17.9 Å². The van der Waals surface area contributed by atoms with Crippen molar-refractivity contribution in [2.75, 3.05) is 13.7 Å². The van der Waals surface area contributed by atoms with E-state index in [1.54, 1.807) is 42.5 Å². The molecule has 5 aromatic rings. The third-order valence-electron chi connectivity index (χ3n) is 8.20. The second kappa shape index (κ2) is 13.5. The van der Waals surface area contributed by atoms with Gasteiger partial charge in [-0.3, -0.25) is 9.59 Å². The number of fused-ring (bicyclic) bond motifs is 2. The van der Waals surface area contributed by atoms with Gasteiger partial charge in [0.25, 0.3) is 5.91 Å². The first-order chi connectivity index (χ1) is 22.3. The van der Waals surface area contributed by atoms with Gasteiger partial charge in [0, 0.05) is 23.8 Å². The summed E-state index contributed by atoms with van der Waals surface area (Å²) in [5.41, 5.74) is 1.62. The predicted molar refractivity (Wildman–Crippen MR) is 179 cm³/mol. The number of methoxy groups -OCH3 is 1. The Morgan fingerprint density at radius 3 is 2.02 bits per heavy atom. The summed E-state index contributed by atoms with van der Waals surface area (Å²) >= 11 is 4.57. The third kappa shape index (κ3) is 6.74. The molecule has 1 saturated heterocycles. The van der Waals surface area contributed by atoms with E-state index in [0.717, 1.165) is 21.5 Å². The van der Waals surface area contributed by atoms with Gasteiger partial charge in [-0.2, -0.15) is 12.6 Å². The lowest BCUT2D eigenvalue weighted by atomic mass is 10.0. The molecule has 232 valence electrons. The number of ether oxygens (including phenoxy) is 2. The maximum atomic E-state index is 13.6. The number of amides is 2. The SMILES string of the molecule is COC(=O)[C@H](Cc1ccc(OC(=O)c2ccc3ccccc3c2)cc1)NC(=O)[C@@H]1C[C@H](S)CN1C(=O)c1ccc2ccccc2c1. The molecule has 1 aliphatic rings. The maximum absolute atomic E-state index is 13.6. The van der Waals surface area contributed by atoms with E-state index in [1.165, 1.54) is 12.0 Å². The van der Waals surface area contributed by atoms with Crippen molar-refractivity contribution in [2.24, 2.45) is 0 Å². The van der Waals surface area contributed by atoms with Crippen LogP contribution in [0, 0.1) is 0 Å². The van der Waals surface area contributed by atoms with E-state index >= 15 is 0 Å². The maximum Gasteiger partial charge on any atom is 0.343 e. The Morgan fingerprint density at radius 1 is 0.804 bits per heavy atom. The minimum atomic E-state index is -1.000. The molecule has 46 heavy (non-hydrogen) atoms. The first-order valence-electron chi connectivity index (χ1n) is 14.9. The van der Waals surface area contributed by atoms with Gasteiger partial charge in [0.15, 0.2) is 0 Å². The molecule has 1 aliphatic heterocycles. The highest BCUT2D eigenvalue weighted by Crippen LogP contribution is 2.26. The normalized spacial score (nSPS) is 16.6. The molecule has 0 saturated carbocycles. The quantitative estimate of drug-likeness (QED) is 0.131. The smallest absolute Gasteiger partial charge is 0.343 e. The standard InChI is InChI=1S/C37H32N2O6S/c1-44-37(43)32(18-23-10-16-30(17-11-23)45-36(42)29-15-13-25-7-3-5-9-27(25)20-29)38-34(40)33-21-31(46)22-39(33)35(41)28-14-12-24-6-2-4-8-26(24)19-28/h2-17,19-20,31-33,46H,18,21-22H2,1H3,(H,38,40)/t31-,32-,33-/m0/s1. The predicted octanol–water partition coefficient (Wildman–Crippen LogP) is 5.63. The third-order valence-corrected chi connectivity index (χ3v) is 8.57. The van der Waals surface area contributed by atoms with Crippen LogP contribution in [0.15, 0.2) is 109 Å². The molecule has 1 N–H and O–H groups in total. The highest BCUT2D eigenvalue weighted by atomic mass is 32.1. The fraction of sp³-hybridized carbons (Fsp3) is 0.189. The molecule has 0 radical (unpaired) electrons. The number of hydrogen-bond acceptors (Lipinski definition) is 7. The highest BCUT2D eigenvalue weighted by Gasteiger charge is 2.40. The number of esters is 2. The van der Waals surface area contributed by atoms with Crippen LogP contribution < -0.4 is 10.1 Å². The van der Waals surface area contributed by atoms with Crippen molar-refractivity contribution in [3.63, 3.8) is 0 Å². The Morgan fingerprint density at radius 2 is 1.39 bits per heavy atom. The van der Waals surface area contributed by atoms with E-state index in [-0.39, 0.29) is 17.6 Å². The molecule has 6 rings (SSSR count). The van der Waals surface area contributed by atoms with Gasteiger partial charge in [0.2, 0.25) is 5.91 Å². The number of nitrogens with zero attached hydrogens (tertiary/aromatic N) is 1. The lowest BCUT2D eigenvalue weighted by Gasteiger charge is -2.26. The van der Waals surface area contributed by atoms with E-state index < -0.39 is 29.9 Å². The number of benzene rings is 5. The molecule has 0 aliphatic carbocycles. The molecule has 0 unspecified atom stereocenters. The van der Waals surface area contributed by atoms with Crippen LogP contribution in [0.3, 0.4) is 0 Å². The number of rotatable bonds is 8. The summed E-state index contributed by atoms with van der Waals surface area (Å²) in [6, 6.07) is 31.3. The summed E-state index contributed by atoms with van der Waals surface area (Å²) in [6.07, 6.45) is 0.479. The van der Waals surface area contributed by atoms with Crippen LogP contribution in [-0.4, -0.2) is 59.6 Å². The number of thiol groups is 1. The molecular weight excluding hydrogens is 600 g/mol. The number of carbonyl (C=O) groups excluding carboxylic acids is 4. The van der Waals surface area contributed by atoms with Crippen molar-refractivity contribution >= 4 is 57.9 Å². The van der Waals surface area contributed by atoms with Gasteiger partial charge in [0.1, 0.15) is 17.8 Å². The molecule has 0 aromatic heterocycles. The van der Waals surface area contributed by atoms with E-state index in [1.807, 2.05) is 66.7 Å². The van der Waals surface area contributed by atoms with Crippen LogP contribution >= 0.6 is 12.6 Å². The van der Waals surface area contributed by atoms with Crippen molar-refractivity contribution in [3.05, 3.63) is 126 Å². The monoisotopic (exact) mass is 632 g/mol. The minimum Gasteiger partial charge on any atom is -0.467 e. The summed E-state index contributed by atoms with van der Waals surface area (Å²) < 4.78 is 10.6. The van der Waals surface area contributed by atoms with Crippen molar-refractivity contribution < 1.29 is 28.7 Å². The van der Waals surface area contributed by atoms with Crippen LogP contribution in [0.2, 0.25) is 0 Å². The average molecular weight is 633 g/mol. The van der Waals surface area contributed by atoms with Crippen LogP contribution in [0.1, 0.15) is 32.7 Å². The van der Waals surface area contributed by atoms with Crippen LogP contribution in [0.25, 0.3) is 21.5 Å². The molecule has 0 spiro atoms. The second-order valence-electron chi connectivity index (χ2n) is 11.3. The van der Waals surface area contributed by atoms with Crippen molar-refractivity contribution in [3.8, 4) is 5.75 Å². The van der Waals surface area contributed by atoms with Crippen LogP contribution in [0.4, 0.5) is 0 Å². The van der Waals surface area contributed by atoms with Crippen LogP contribution in [-0.2, 0) is 20.7 Å². The fourth-order valence-corrected chi connectivity index (χ4v) is 6.17. The Hall–Kier alpha value is -5.15. The largest absolute Gasteiger partial charge is 0.467 e. The summed E-state index contributed by atoms with van der Waals surface area (Å²) in [4.78, 5) is 54.2. The summed E-state index contributed by atoms with van der Waals surface area (Å²) in [5.74, 6) is -1.49. The van der Waals surface area contributed by atoms with Gasteiger partial charge in [-0.1, -0.05) is 72.8 Å². The van der Waals surface area contributed by atoms with Gasteiger partial charge >= 0.3 is 11.9 Å². The van der Waals surface area contributed by atoms with Gasteiger partial charge in [0.05, 0.1) is 12.7 Å². The summed E-state index contributed by atoms with van der Waals surface area (Å²) in [7, 11) is 1.26.